The van der Waals surface area contributed by atoms with Crippen LogP contribution in [0.1, 0.15) is 12.8 Å². The molecule has 2 rings (SSSR count). The number of aromatic amines is 1. The molecule has 2 N–H and O–H groups in total. The number of anilines is 1. The van der Waals surface area contributed by atoms with Crippen LogP contribution in [0, 0.1) is 5.92 Å². The van der Waals surface area contributed by atoms with Crippen molar-refractivity contribution >= 4 is 5.69 Å². The predicted octanol–water partition coefficient (Wildman–Crippen LogP) is -0.0214. The molecule has 5 nitrogen and oxygen atoms in total. The number of aliphatic hydroxyl groups excluding tert-OH is 1. The summed E-state index contributed by atoms with van der Waals surface area (Å²) in [4.78, 5) is 13.2. The van der Waals surface area contributed by atoms with Crippen molar-refractivity contribution in [3.8, 4) is 0 Å². The number of nitrogens with zero attached hydrogens (tertiary/aromatic N) is 2. The number of rotatable bonds is 2. The van der Waals surface area contributed by atoms with E-state index >= 15 is 0 Å². The Balaban J connectivity index is 2.04. The third-order valence-corrected chi connectivity index (χ3v) is 2.89. The molecule has 0 amide bonds. The molecular formula is C10H15N3O2. The molecule has 0 bridgehead atoms. The first-order valence-electron chi connectivity index (χ1n) is 5.20. The lowest BCUT2D eigenvalue weighted by Gasteiger charge is -2.32. The summed E-state index contributed by atoms with van der Waals surface area (Å²) >= 11 is 0. The Morgan fingerprint density at radius 2 is 2.27 bits per heavy atom. The molecule has 1 fully saturated rings. The standard InChI is InChI=1S/C10H15N3O2/c14-7-8-1-3-13(4-2-8)9-5-10(15)12-11-6-9/h5-6,8,14H,1-4,7H2,(H,12,15). The molecule has 1 aromatic heterocycles. The van der Waals surface area contributed by atoms with E-state index in [4.69, 9.17) is 5.11 Å². The molecule has 1 aromatic rings. The summed E-state index contributed by atoms with van der Waals surface area (Å²) in [7, 11) is 0. The van der Waals surface area contributed by atoms with Gasteiger partial charge in [0, 0.05) is 25.8 Å². The summed E-state index contributed by atoms with van der Waals surface area (Å²) in [6.07, 6.45) is 3.62. The maximum absolute atomic E-state index is 11.1. The van der Waals surface area contributed by atoms with E-state index in [1.165, 1.54) is 0 Å². The van der Waals surface area contributed by atoms with Gasteiger partial charge in [-0.05, 0) is 18.8 Å². The van der Waals surface area contributed by atoms with Gasteiger partial charge in [0.05, 0.1) is 11.9 Å². The van der Waals surface area contributed by atoms with Gasteiger partial charge in [-0.2, -0.15) is 5.10 Å². The normalized spacial score (nSPS) is 18.1. The number of aromatic nitrogens is 2. The molecule has 82 valence electrons. The second-order valence-corrected chi connectivity index (χ2v) is 3.92. The van der Waals surface area contributed by atoms with E-state index in [1.54, 1.807) is 12.3 Å². The van der Waals surface area contributed by atoms with Crippen molar-refractivity contribution in [3.05, 3.63) is 22.6 Å². The van der Waals surface area contributed by atoms with E-state index in [2.05, 4.69) is 15.1 Å². The highest BCUT2D eigenvalue weighted by Gasteiger charge is 2.18. The van der Waals surface area contributed by atoms with Gasteiger partial charge in [0.25, 0.3) is 5.56 Å². The Labute approximate surface area is 87.7 Å². The smallest absolute Gasteiger partial charge is 0.266 e. The lowest BCUT2D eigenvalue weighted by molar-refractivity contribution is 0.203. The molecule has 0 aromatic carbocycles. The number of aliphatic hydroxyl groups is 1. The third-order valence-electron chi connectivity index (χ3n) is 2.89. The van der Waals surface area contributed by atoms with Crippen LogP contribution in [-0.4, -0.2) is 35.0 Å². The van der Waals surface area contributed by atoms with Crippen LogP contribution in [0.25, 0.3) is 0 Å². The Morgan fingerprint density at radius 1 is 1.53 bits per heavy atom. The Morgan fingerprint density at radius 3 is 2.87 bits per heavy atom. The van der Waals surface area contributed by atoms with E-state index in [-0.39, 0.29) is 12.2 Å². The van der Waals surface area contributed by atoms with Crippen LogP contribution in [0.5, 0.6) is 0 Å². The molecule has 0 spiro atoms. The minimum Gasteiger partial charge on any atom is -0.396 e. The molecule has 1 aliphatic rings. The number of H-pyrrole nitrogens is 1. The highest BCUT2D eigenvalue weighted by Crippen LogP contribution is 2.20. The van der Waals surface area contributed by atoms with Gasteiger partial charge in [0.2, 0.25) is 0 Å². The van der Waals surface area contributed by atoms with E-state index < -0.39 is 0 Å². The SMILES string of the molecule is O=c1cc(N2CCC(CO)CC2)cn[nH]1. The summed E-state index contributed by atoms with van der Waals surface area (Å²) in [5, 5.41) is 15.1. The minimum absolute atomic E-state index is 0.170. The van der Waals surface area contributed by atoms with Gasteiger partial charge >= 0.3 is 0 Å². The molecule has 0 atom stereocenters. The highest BCUT2D eigenvalue weighted by molar-refractivity contribution is 5.42. The first-order valence-corrected chi connectivity index (χ1v) is 5.20. The van der Waals surface area contributed by atoms with E-state index in [0.29, 0.717) is 5.92 Å². The van der Waals surface area contributed by atoms with Crippen LogP contribution in [-0.2, 0) is 0 Å². The van der Waals surface area contributed by atoms with Gasteiger partial charge in [-0.1, -0.05) is 0 Å². The van der Waals surface area contributed by atoms with Crippen LogP contribution in [0.4, 0.5) is 5.69 Å². The molecule has 15 heavy (non-hydrogen) atoms. The zero-order valence-corrected chi connectivity index (χ0v) is 8.52. The highest BCUT2D eigenvalue weighted by atomic mass is 16.3. The minimum atomic E-state index is -0.170. The average Bonchev–Trinajstić information content (AvgIpc) is 2.29. The zero-order valence-electron chi connectivity index (χ0n) is 8.52. The topological polar surface area (TPSA) is 69.2 Å². The van der Waals surface area contributed by atoms with E-state index in [9.17, 15) is 4.79 Å². The molecule has 5 heteroatoms. The van der Waals surface area contributed by atoms with Gasteiger partial charge in [-0.25, -0.2) is 5.10 Å². The third kappa shape index (κ3) is 2.36. The van der Waals surface area contributed by atoms with Crippen molar-refractivity contribution in [2.45, 2.75) is 12.8 Å². The van der Waals surface area contributed by atoms with E-state index in [1.807, 2.05) is 0 Å². The number of piperidine rings is 1. The summed E-state index contributed by atoms with van der Waals surface area (Å²) < 4.78 is 0. The van der Waals surface area contributed by atoms with Crippen LogP contribution >= 0.6 is 0 Å². The van der Waals surface area contributed by atoms with Crippen molar-refractivity contribution < 1.29 is 5.11 Å². The summed E-state index contributed by atoms with van der Waals surface area (Å²) in [5.74, 6) is 0.413. The summed E-state index contributed by atoms with van der Waals surface area (Å²) in [6, 6.07) is 1.56. The summed E-state index contributed by atoms with van der Waals surface area (Å²) in [5.41, 5.74) is 0.701. The number of nitrogens with one attached hydrogen (secondary N) is 1. The monoisotopic (exact) mass is 209 g/mol. The molecule has 0 saturated carbocycles. The van der Waals surface area contributed by atoms with Crippen molar-refractivity contribution in [3.63, 3.8) is 0 Å². The van der Waals surface area contributed by atoms with Gasteiger partial charge in [0.15, 0.2) is 0 Å². The first-order chi connectivity index (χ1) is 7.29. The number of hydrogen-bond donors (Lipinski definition) is 2. The lowest BCUT2D eigenvalue weighted by atomic mass is 9.98. The van der Waals surface area contributed by atoms with Crippen LogP contribution < -0.4 is 10.5 Å². The Kier molecular flexibility index (Phi) is 3.01. The fourth-order valence-corrected chi connectivity index (χ4v) is 1.91. The van der Waals surface area contributed by atoms with Crippen molar-refractivity contribution in [2.24, 2.45) is 5.92 Å². The molecule has 2 heterocycles. The fourth-order valence-electron chi connectivity index (χ4n) is 1.91. The molecule has 1 aliphatic heterocycles. The average molecular weight is 209 g/mol. The first kappa shape index (κ1) is 10.2. The maximum Gasteiger partial charge on any atom is 0.266 e. The van der Waals surface area contributed by atoms with Gasteiger partial charge in [0.1, 0.15) is 0 Å². The molecule has 0 radical (unpaired) electrons. The largest absolute Gasteiger partial charge is 0.396 e. The number of hydrogen-bond acceptors (Lipinski definition) is 4. The lowest BCUT2D eigenvalue weighted by Crippen LogP contribution is -2.35. The quantitative estimate of drug-likeness (QED) is 0.718. The van der Waals surface area contributed by atoms with Crippen LogP contribution in [0.15, 0.2) is 17.1 Å². The summed E-state index contributed by atoms with van der Waals surface area (Å²) in [6.45, 7) is 2.04. The fraction of sp³-hybridized carbons (Fsp3) is 0.600. The molecule has 0 unspecified atom stereocenters. The zero-order chi connectivity index (χ0) is 10.7. The predicted molar refractivity (Wildman–Crippen MR) is 56.9 cm³/mol. The molecule has 1 saturated heterocycles. The van der Waals surface area contributed by atoms with E-state index in [0.717, 1.165) is 31.6 Å². The molecular weight excluding hydrogens is 194 g/mol. The van der Waals surface area contributed by atoms with Gasteiger partial charge in [-0.15, -0.1) is 0 Å². The van der Waals surface area contributed by atoms with Crippen LogP contribution in [0.3, 0.4) is 0 Å². The van der Waals surface area contributed by atoms with Crippen molar-refractivity contribution in [1.29, 1.82) is 0 Å². The second kappa shape index (κ2) is 4.44. The van der Waals surface area contributed by atoms with Crippen LogP contribution in [0.2, 0.25) is 0 Å². The Hall–Kier alpha value is -1.36. The maximum atomic E-state index is 11.1. The molecule has 0 aliphatic carbocycles. The second-order valence-electron chi connectivity index (χ2n) is 3.92. The Bertz CT molecular complexity index is 369. The van der Waals surface area contributed by atoms with Gasteiger partial charge < -0.3 is 10.0 Å². The van der Waals surface area contributed by atoms with Crippen molar-refractivity contribution in [2.75, 3.05) is 24.6 Å². The van der Waals surface area contributed by atoms with Gasteiger partial charge in [-0.3, -0.25) is 4.79 Å². The van der Waals surface area contributed by atoms with Crippen molar-refractivity contribution in [1.82, 2.24) is 10.2 Å².